The molecule has 3 fully saturated rings. The Morgan fingerprint density at radius 3 is 2.50 bits per heavy atom. The van der Waals surface area contributed by atoms with Crippen molar-refractivity contribution in [3.8, 4) is 0 Å². The molecule has 1 aromatic carbocycles. The third-order valence-electron chi connectivity index (χ3n) is 7.93. The summed E-state index contributed by atoms with van der Waals surface area (Å²) in [6.07, 6.45) is 1.39. The number of carbonyl (C=O) groups is 3. The largest absolute Gasteiger partial charge is 0.394 e. The Kier molecular flexibility index (Phi) is 7.85. The minimum Gasteiger partial charge on any atom is -0.394 e. The summed E-state index contributed by atoms with van der Waals surface area (Å²) >= 11 is 5.41. The number of benzene rings is 1. The third kappa shape index (κ3) is 4.71. The second-order valence-corrected chi connectivity index (χ2v) is 14.2. The minimum atomic E-state index is -0.748. The fourth-order valence-electron chi connectivity index (χ4n) is 6.18. The number of likely N-dealkylation sites (tertiary alicyclic amines) is 1. The van der Waals surface area contributed by atoms with Crippen molar-refractivity contribution in [1.29, 1.82) is 0 Å². The molecule has 2 bridgehead atoms. The van der Waals surface area contributed by atoms with Crippen LogP contribution in [-0.4, -0.2) is 66.8 Å². The van der Waals surface area contributed by atoms with Crippen LogP contribution in [0.3, 0.4) is 0 Å². The van der Waals surface area contributed by atoms with Crippen molar-refractivity contribution in [2.75, 3.05) is 6.61 Å². The van der Waals surface area contributed by atoms with E-state index in [1.54, 1.807) is 16.7 Å². The van der Waals surface area contributed by atoms with E-state index in [1.165, 1.54) is 0 Å². The number of carbonyl (C=O) groups excluding carboxylic acids is 3. The van der Waals surface area contributed by atoms with Crippen molar-refractivity contribution in [2.24, 2.45) is 17.8 Å². The molecule has 36 heavy (non-hydrogen) atoms. The van der Waals surface area contributed by atoms with Gasteiger partial charge in [0.25, 0.3) is 0 Å². The first-order valence-electron chi connectivity index (χ1n) is 12.8. The Morgan fingerprint density at radius 1 is 1.25 bits per heavy atom. The van der Waals surface area contributed by atoms with E-state index in [-0.39, 0.29) is 40.3 Å². The first-order chi connectivity index (χ1) is 16.9. The molecule has 4 rings (SSSR count). The number of hydrogen-bond acceptors (Lipinski definition) is 5. The van der Waals surface area contributed by atoms with Crippen LogP contribution in [0.2, 0.25) is 0 Å². The van der Waals surface area contributed by atoms with Crippen LogP contribution in [0.5, 0.6) is 0 Å². The molecule has 7 nitrogen and oxygen atoms in total. The van der Waals surface area contributed by atoms with E-state index >= 15 is 0 Å². The lowest BCUT2D eigenvalue weighted by Crippen LogP contribution is -2.60. The number of thioether (sulfide) groups is 1. The van der Waals surface area contributed by atoms with Crippen molar-refractivity contribution in [2.45, 2.75) is 86.5 Å². The number of halogens is 1. The zero-order valence-corrected chi connectivity index (χ0v) is 24.1. The number of rotatable bonds is 8. The van der Waals surface area contributed by atoms with Crippen molar-refractivity contribution in [3.63, 3.8) is 0 Å². The summed E-state index contributed by atoms with van der Waals surface area (Å²) in [5.74, 6) is -1.69. The molecule has 3 aliphatic heterocycles. The molecule has 3 aliphatic rings. The van der Waals surface area contributed by atoms with E-state index in [0.717, 1.165) is 12.0 Å². The number of amides is 3. The summed E-state index contributed by atoms with van der Waals surface area (Å²) in [6.45, 7) is 9.95. The second kappa shape index (κ2) is 10.3. The van der Waals surface area contributed by atoms with Crippen molar-refractivity contribution in [3.05, 3.63) is 35.9 Å². The van der Waals surface area contributed by atoms with Gasteiger partial charge in [0.2, 0.25) is 17.7 Å². The van der Waals surface area contributed by atoms with Crippen LogP contribution in [0.15, 0.2) is 30.3 Å². The highest BCUT2D eigenvalue weighted by atomic mass is 79.9. The maximum Gasteiger partial charge on any atom is 0.244 e. The quantitative estimate of drug-likeness (QED) is 0.411. The van der Waals surface area contributed by atoms with E-state index < -0.39 is 34.2 Å². The molecule has 3 amide bonds. The number of aliphatic hydroxyl groups is 1. The molecule has 3 N–H and O–H groups in total. The second-order valence-electron chi connectivity index (χ2n) is 11.5. The maximum absolute atomic E-state index is 14.2. The lowest BCUT2D eigenvalue weighted by Gasteiger charge is -2.40. The Labute approximate surface area is 226 Å². The third-order valence-corrected chi connectivity index (χ3v) is 11.2. The zero-order chi connectivity index (χ0) is 26.4. The molecule has 1 aromatic rings. The van der Waals surface area contributed by atoms with Gasteiger partial charge in [0.1, 0.15) is 6.04 Å². The average Bonchev–Trinajstić information content (AvgIpc) is 3.41. The van der Waals surface area contributed by atoms with Crippen LogP contribution in [-0.2, 0) is 20.9 Å². The topological polar surface area (TPSA) is 98.7 Å². The van der Waals surface area contributed by atoms with Gasteiger partial charge in [-0.2, -0.15) is 0 Å². The van der Waals surface area contributed by atoms with Crippen LogP contribution in [0.4, 0.5) is 0 Å². The van der Waals surface area contributed by atoms with Gasteiger partial charge in [-0.1, -0.05) is 66.5 Å². The monoisotopic (exact) mass is 579 g/mol. The van der Waals surface area contributed by atoms with Crippen LogP contribution < -0.4 is 10.6 Å². The average molecular weight is 581 g/mol. The smallest absolute Gasteiger partial charge is 0.244 e. The lowest BCUT2D eigenvalue weighted by molar-refractivity contribution is -0.144. The molecule has 0 saturated carbocycles. The van der Waals surface area contributed by atoms with Gasteiger partial charge in [0.05, 0.1) is 29.2 Å². The Morgan fingerprint density at radius 2 is 1.92 bits per heavy atom. The number of fused-ring (bicyclic) bond motifs is 1. The molecule has 3 unspecified atom stereocenters. The Hall–Kier alpha value is -1.58. The summed E-state index contributed by atoms with van der Waals surface area (Å²) < 4.78 is -0.721. The summed E-state index contributed by atoms with van der Waals surface area (Å²) in [7, 11) is 0. The molecule has 198 valence electrons. The maximum atomic E-state index is 14.2. The molecule has 9 heteroatoms. The number of nitrogens with one attached hydrogen (secondary N) is 2. The summed E-state index contributed by atoms with van der Waals surface area (Å²) in [4.78, 5) is 43.3. The highest BCUT2D eigenvalue weighted by Crippen LogP contribution is 2.68. The normalized spacial score (nSPS) is 32.8. The SMILES string of the molecule is CC[C@H](C)[C@H](CO)N1C(=O)[C@@H]2[C@@H](C(=O)NCc3ccccc3)[C@@H]3SC2(CC3Br)C1C(=O)NC(C)(C)C. The standard InChI is InChI=1S/C27H38BrN3O4S/c1-6-15(2)18(14-32)31-22(24(34)30-26(3,4)5)27-12-17(28)21(36-27)19(20(27)25(31)35)23(33)29-13-16-10-8-7-9-11-16/h7-11,15,17-22,32H,6,12-14H2,1-5H3,(H,29,33)(H,30,34)/t15-,17?,18-,19+,20-,21+,22?,27?/m0/s1. The number of nitrogens with zero attached hydrogens (tertiary/aromatic N) is 1. The fourth-order valence-corrected chi connectivity index (χ4v) is 9.78. The minimum absolute atomic E-state index is 0.00596. The van der Waals surface area contributed by atoms with Gasteiger partial charge >= 0.3 is 0 Å². The van der Waals surface area contributed by atoms with Crippen LogP contribution in [0.1, 0.15) is 53.0 Å². The molecule has 0 aliphatic carbocycles. The molecule has 8 atom stereocenters. The number of hydrogen-bond donors (Lipinski definition) is 3. The van der Waals surface area contributed by atoms with Crippen molar-refractivity contribution in [1.82, 2.24) is 15.5 Å². The van der Waals surface area contributed by atoms with E-state index in [1.807, 2.05) is 65.0 Å². The lowest BCUT2D eigenvalue weighted by atomic mass is 9.70. The molecular weight excluding hydrogens is 542 g/mol. The van der Waals surface area contributed by atoms with Crippen molar-refractivity contribution < 1.29 is 19.5 Å². The fraction of sp³-hybridized carbons (Fsp3) is 0.667. The van der Waals surface area contributed by atoms with Gasteiger partial charge in [0, 0.05) is 22.2 Å². The molecule has 0 aromatic heterocycles. The summed E-state index contributed by atoms with van der Waals surface area (Å²) in [6, 6.07) is 8.47. The van der Waals surface area contributed by atoms with Crippen molar-refractivity contribution >= 4 is 45.4 Å². The first kappa shape index (κ1) is 27.5. The zero-order valence-electron chi connectivity index (χ0n) is 21.7. The van der Waals surface area contributed by atoms with E-state index in [0.29, 0.717) is 13.0 Å². The van der Waals surface area contributed by atoms with Crippen LogP contribution >= 0.6 is 27.7 Å². The molecule has 0 radical (unpaired) electrons. The molecular formula is C27H38BrN3O4S. The van der Waals surface area contributed by atoms with Gasteiger partial charge < -0.3 is 20.6 Å². The van der Waals surface area contributed by atoms with Gasteiger partial charge in [-0.15, -0.1) is 11.8 Å². The highest BCUT2D eigenvalue weighted by molar-refractivity contribution is 9.09. The van der Waals surface area contributed by atoms with Crippen LogP contribution in [0.25, 0.3) is 0 Å². The highest BCUT2D eigenvalue weighted by Gasteiger charge is 2.76. The van der Waals surface area contributed by atoms with E-state index in [4.69, 9.17) is 0 Å². The van der Waals surface area contributed by atoms with Gasteiger partial charge in [-0.25, -0.2) is 0 Å². The summed E-state index contributed by atoms with van der Waals surface area (Å²) in [5.41, 5.74) is 0.512. The molecule has 1 spiro atoms. The molecule has 3 heterocycles. The number of aliphatic hydroxyl groups excluding tert-OH is 1. The van der Waals surface area contributed by atoms with E-state index in [9.17, 15) is 19.5 Å². The summed E-state index contributed by atoms with van der Waals surface area (Å²) in [5, 5.41) is 16.4. The van der Waals surface area contributed by atoms with Gasteiger partial charge in [-0.05, 0) is 38.7 Å². The van der Waals surface area contributed by atoms with E-state index in [2.05, 4.69) is 26.6 Å². The molecule has 3 saturated heterocycles. The number of alkyl halides is 1. The Balaban J connectivity index is 1.71. The van der Waals surface area contributed by atoms with Gasteiger partial charge in [-0.3, -0.25) is 14.4 Å². The van der Waals surface area contributed by atoms with Gasteiger partial charge in [0.15, 0.2) is 0 Å². The first-order valence-corrected chi connectivity index (χ1v) is 14.6. The predicted octanol–water partition coefficient (Wildman–Crippen LogP) is 3.09. The van der Waals surface area contributed by atoms with Crippen LogP contribution in [0, 0.1) is 17.8 Å². The Bertz CT molecular complexity index is 1000. The predicted molar refractivity (Wildman–Crippen MR) is 146 cm³/mol.